The van der Waals surface area contributed by atoms with Gasteiger partial charge in [-0.25, -0.2) is 8.42 Å². The van der Waals surface area contributed by atoms with Gasteiger partial charge in [-0.2, -0.15) is 0 Å². The first kappa shape index (κ1) is 14.5. The van der Waals surface area contributed by atoms with Crippen LogP contribution < -0.4 is 4.74 Å². The summed E-state index contributed by atoms with van der Waals surface area (Å²) in [6.45, 7) is 1.78. The summed E-state index contributed by atoms with van der Waals surface area (Å²) < 4.78 is 29.1. The molecular formula is C17H23NO3S. The highest BCUT2D eigenvalue weighted by atomic mass is 32.2. The van der Waals surface area contributed by atoms with E-state index in [0.29, 0.717) is 17.5 Å². The maximum Gasteiger partial charge on any atom is 0.151 e. The molecule has 1 atom stereocenters. The molecule has 22 heavy (non-hydrogen) atoms. The number of ether oxygens (including phenoxy) is 1. The summed E-state index contributed by atoms with van der Waals surface area (Å²) >= 11 is 0. The molecule has 2 aliphatic heterocycles. The van der Waals surface area contributed by atoms with Crippen molar-refractivity contribution in [2.24, 2.45) is 0 Å². The Morgan fingerprint density at radius 2 is 2.05 bits per heavy atom. The number of hydrogen-bond acceptors (Lipinski definition) is 4. The van der Waals surface area contributed by atoms with E-state index in [1.807, 2.05) is 0 Å². The van der Waals surface area contributed by atoms with Crippen LogP contribution in [0.25, 0.3) is 0 Å². The molecule has 5 heteroatoms. The van der Waals surface area contributed by atoms with Crippen LogP contribution in [-0.2, 0) is 22.7 Å². The number of rotatable bonds is 5. The first-order valence-corrected chi connectivity index (χ1v) is 10.1. The zero-order valence-electron chi connectivity index (χ0n) is 12.8. The van der Waals surface area contributed by atoms with Gasteiger partial charge in [0.05, 0.1) is 18.1 Å². The minimum absolute atomic E-state index is 0.246. The van der Waals surface area contributed by atoms with E-state index < -0.39 is 9.84 Å². The summed E-state index contributed by atoms with van der Waals surface area (Å²) in [4.78, 5) is 2.47. The Morgan fingerprint density at radius 1 is 1.18 bits per heavy atom. The molecule has 1 saturated carbocycles. The van der Waals surface area contributed by atoms with Crippen LogP contribution in [0.2, 0.25) is 0 Å². The molecule has 2 fully saturated rings. The first-order chi connectivity index (χ1) is 10.6. The third-order valence-corrected chi connectivity index (χ3v) is 6.86. The Labute approximate surface area is 132 Å². The lowest BCUT2D eigenvalue weighted by Gasteiger charge is -2.28. The average Bonchev–Trinajstić information content (AvgIpc) is 3.10. The molecule has 0 unspecified atom stereocenters. The average molecular weight is 321 g/mol. The van der Waals surface area contributed by atoms with Crippen LogP contribution in [0.1, 0.15) is 30.4 Å². The maximum absolute atomic E-state index is 11.8. The molecule has 1 aliphatic carbocycles. The molecule has 1 saturated heterocycles. The van der Waals surface area contributed by atoms with Crippen LogP contribution in [0, 0.1) is 0 Å². The van der Waals surface area contributed by atoms with Crippen LogP contribution in [-0.4, -0.2) is 50.1 Å². The zero-order valence-corrected chi connectivity index (χ0v) is 13.6. The minimum Gasteiger partial charge on any atom is -0.493 e. The van der Waals surface area contributed by atoms with Crippen LogP contribution in [0.5, 0.6) is 5.75 Å². The van der Waals surface area contributed by atoms with E-state index in [1.54, 1.807) is 0 Å². The summed E-state index contributed by atoms with van der Waals surface area (Å²) in [6.07, 6.45) is 5.29. The quantitative estimate of drug-likeness (QED) is 0.830. The van der Waals surface area contributed by atoms with E-state index in [1.165, 1.54) is 24.0 Å². The Bertz CT molecular complexity index is 666. The van der Waals surface area contributed by atoms with Crippen LogP contribution in [0.3, 0.4) is 0 Å². The fourth-order valence-corrected chi connectivity index (χ4v) is 5.50. The summed E-state index contributed by atoms with van der Waals surface area (Å²) in [7, 11) is -2.80. The van der Waals surface area contributed by atoms with E-state index in [4.69, 9.17) is 4.74 Å². The SMILES string of the molecule is O=S1(=O)CC[C@H](N(CCc2ccc3c(c2)CCO3)C2CC2)C1. The molecular weight excluding hydrogens is 298 g/mol. The lowest BCUT2D eigenvalue weighted by Crippen LogP contribution is -2.39. The molecule has 0 amide bonds. The minimum atomic E-state index is -2.80. The van der Waals surface area contributed by atoms with Gasteiger partial charge in [0.1, 0.15) is 5.75 Å². The zero-order chi connectivity index (χ0) is 15.2. The van der Waals surface area contributed by atoms with Crippen molar-refractivity contribution in [2.45, 2.75) is 44.2 Å². The van der Waals surface area contributed by atoms with Crippen molar-refractivity contribution in [1.82, 2.24) is 4.90 Å². The normalized spacial score (nSPS) is 26.1. The molecule has 0 bridgehead atoms. The molecule has 120 valence electrons. The van der Waals surface area contributed by atoms with Gasteiger partial charge < -0.3 is 4.74 Å². The molecule has 0 aromatic heterocycles. The molecule has 0 spiro atoms. The molecule has 2 heterocycles. The lowest BCUT2D eigenvalue weighted by molar-refractivity contribution is 0.204. The van der Waals surface area contributed by atoms with E-state index in [9.17, 15) is 8.42 Å². The first-order valence-electron chi connectivity index (χ1n) is 8.31. The summed E-state index contributed by atoms with van der Waals surface area (Å²) in [5.41, 5.74) is 2.66. The van der Waals surface area contributed by atoms with E-state index in [0.717, 1.165) is 38.2 Å². The number of hydrogen-bond donors (Lipinski definition) is 0. The van der Waals surface area contributed by atoms with Crippen LogP contribution in [0.4, 0.5) is 0 Å². The van der Waals surface area contributed by atoms with Gasteiger partial charge in [0, 0.05) is 25.0 Å². The van der Waals surface area contributed by atoms with Gasteiger partial charge in [-0.05, 0) is 42.9 Å². The lowest BCUT2D eigenvalue weighted by atomic mass is 10.1. The number of fused-ring (bicyclic) bond motifs is 1. The molecule has 1 aromatic carbocycles. The Hall–Kier alpha value is -1.07. The largest absolute Gasteiger partial charge is 0.493 e. The Balaban J connectivity index is 1.42. The fraction of sp³-hybridized carbons (Fsp3) is 0.647. The number of benzene rings is 1. The molecule has 0 radical (unpaired) electrons. The van der Waals surface area contributed by atoms with Crippen molar-refractivity contribution in [2.75, 3.05) is 24.7 Å². The van der Waals surface area contributed by atoms with Crippen molar-refractivity contribution in [3.05, 3.63) is 29.3 Å². The maximum atomic E-state index is 11.8. The molecule has 0 N–H and O–H groups in total. The predicted octanol–water partition coefficient (Wildman–Crippen LogP) is 1.82. The van der Waals surface area contributed by atoms with Gasteiger partial charge in [-0.1, -0.05) is 12.1 Å². The van der Waals surface area contributed by atoms with Crippen LogP contribution >= 0.6 is 0 Å². The Morgan fingerprint density at radius 3 is 2.77 bits per heavy atom. The molecule has 4 rings (SSSR count). The topological polar surface area (TPSA) is 46.6 Å². The summed E-state index contributed by atoms with van der Waals surface area (Å²) in [6, 6.07) is 7.37. The highest BCUT2D eigenvalue weighted by Gasteiger charge is 2.39. The van der Waals surface area contributed by atoms with Gasteiger partial charge in [-0.3, -0.25) is 4.90 Å². The summed E-state index contributed by atoms with van der Waals surface area (Å²) in [5, 5.41) is 0. The van der Waals surface area contributed by atoms with Crippen molar-refractivity contribution in [3.63, 3.8) is 0 Å². The molecule has 3 aliphatic rings. The third kappa shape index (κ3) is 3.01. The standard InChI is InChI=1S/C17H23NO3S/c19-22(20)10-7-16(12-22)18(15-2-3-15)8-5-13-1-4-17-14(11-13)6-9-21-17/h1,4,11,15-16H,2-3,5-10,12H2/t16-/m0/s1. The second-order valence-electron chi connectivity index (χ2n) is 6.82. The summed E-state index contributed by atoms with van der Waals surface area (Å²) in [5.74, 6) is 1.77. The molecule has 1 aromatic rings. The van der Waals surface area contributed by atoms with Crippen molar-refractivity contribution in [3.8, 4) is 5.75 Å². The van der Waals surface area contributed by atoms with Gasteiger partial charge >= 0.3 is 0 Å². The highest BCUT2D eigenvalue weighted by molar-refractivity contribution is 7.91. The van der Waals surface area contributed by atoms with E-state index in [2.05, 4.69) is 23.1 Å². The smallest absolute Gasteiger partial charge is 0.151 e. The van der Waals surface area contributed by atoms with Crippen molar-refractivity contribution in [1.29, 1.82) is 0 Å². The second-order valence-corrected chi connectivity index (χ2v) is 9.05. The second kappa shape index (κ2) is 5.53. The van der Waals surface area contributed by atoms with Crippen molar-refractivity contribution >= 4 is 9.84 Å². The molecule has 4 nitrogen and oxygen atoms in total. The fourth-order valence-electron chi connectivity index (χ4n) is 3.76. The van der Waals surface area contributed by atoms with Gasteiger partial charge in [0.25, 0.3) is 0 Å². The van der Waals surface area contributed by atoms with Gasteiger partial charge in [0.15, 0.2) is 9.84 Å². The number of sulfone groups is 1. The number of nitrogens with zero attached hydrogens (tertiary/aromatic N) is 1. The van der Waals surface area contributed by atoms with Gasteiger partial charge in [-0.15, -0.1) is 0 Å². The monoisotopic (exact) mass is 321 g/mol. The third-order valence-electron chi connectivity index (χ3n) is 5.11. The van der Waals surface area contributed by atoms with E-state index in [-0.39, 0.29) is 6.04 Å². The van der Waals surface area contributed by atoms with Gasteiger partial charge in [0.2, 0.25) is 0 Å². The Kier molecular flexibility index (Phi) is 3.65. The van der Waals surface area contributed by atoms with E-state index >= 15 is 0 Å². The van der Waals surface area contributed by atoms with Crippen LogP contribution in [0.15, 0.2) is 18.2 Å². The highest BCUT2D eigenvalue weighted by Crippen LogP contribution is 2.32. The van der Waals surface area contributed by atoms with Crippen molar-refractivity contribution < 1.29 is 13.2 Å². The predicted molar refractivity (Wildman–Crippen MR) is 86.1 cm³/mol.